The highest BCUT2D eigenvalue weighted by atomic mass is 19.1. The number of nitrogens with one attached hydrogen (secondary N) is 1. The lowest BCUT2D eigenvalue weighted by Gasteiger charge is -2.17. The van der Waals surface area contributed by atoms with E-state index in [0.29, 0.717) is 5.69 Å². The number of aromatic hydroxyl groups is 1. The lowest BCUT2D eigenvalue weighted by Crippen LogP contribution is -2.27. The molecule has 0 aromatic heterocycles. The number of hydrogen-bond donors (Lipinski definition) is 3. The van der Waals surface area contributed by atoms with E-state index >= 15 is 0 Å². The van der Waals surface area contributed by atoms with Gasteiger partial charge in [-0.3, -0.25) is 4.79 Å². The second-order valence-corrected chi connectivity index (χ2v) is 4.23. The maximum atomic E-state index is 13.3. The summed E-state index contributed by atoms with van der Waals surface area (Å²) in [6.07, 6.45) is 0. The van der Waals surface area contributed by atoms with Gasteiger partial charge in [-0.25, -0.2) is 8.78 Å². The molecule has 6 heteroatoms. The van der Waals surface area contributed by atoms with Crippen molar-refractivity contribution in [2.45, 2.75) is 6.04 Å². The zero-order valence-electron chi connectivity index (χ0n) is 10.3. The van der Waals surface area contributed by atoms with Gasteiger partial charge < -0.3 is 16.2 Å². The minimum atomic E-state index is -1.04. The van der Waals surface area contributed by atoms with Crippen LogP contribution in [0.1, 0.15) is 11.6 Å². The van der Waals surface area contributed by atoms with E-state index in [2.05, 4.69) is 5.32 Å². The van der Waals surface area contributed by atoms with Crippen molar-refractivity contribution in [1.82, 2.24) is 0 Å². The quantitative estimate of drug-likeness (QED) is 0.803. The van der Waals surface area contributed by atoms with Gasteiger partial charge in [-0.1, -0.05) is 0 Å². The molecule has 4 N–H and O–H groups in total. The molecular weight excluding hydrogens is 266 g/mol. The van der Waals surface area contributed by atoms with Crippen LogP contribution in [0.3, 0.4) is 0 Å². The number of benzene rings is 2. The van der Waals surface area contributed by atoms with Crippen LogP contribution < -0.4 is 11.1 Å². The third-order valence-corrected chi connectivity index (χ3v) is 2.68. The molecule has 0 bridgehead atoms. The van der Waals surface area contributed by atoms with E-state index in [1.165, 1.54) is 30.3 Å². The first kappa shape index (κ1) is 13.8. The predicted octanol–water partition coefficient (Wildman–Crippen LogP) is 2.31. The number of rotatable bonds is 4. The van der Waals surface area contributed by atoms with Crippen molar-refractivity contribution in [2.75, 3.05) is 5.32 Å². The van der Waals surface area contributed by atoms with Crippen molar-refractivity contribution in [2.24, 2.45) is 5.73 Å². The van der Waals surface area contributed by atoms with Gasteiger partial charge in [-0.05, 0) is 42.0 Å². The Balaban J connectivity index is 2.31. The first-order chi connectivity index (χ1) is 9.45. The molecule has 0 radical (unpaired) electrons. The Bertz CT molecular complexity index is 609. The highest BCUT2D eigenvalue weighted by Gasteiger charge is 2.19. The van der Waals surface area contributed by atoms with Gasteiger partial charge >= 0.3 is 0 Å². The molecule has 0 saturated carbocycles. The Kier molecular flexibility index (Phi) is 3.84. The first-order valence-electron chi connectivity index (χ1n) is 5.76. The van der Waals surface area contributed by atoms with Gasteiger partial charge in [-0.15, -0.1) is 0 Å². The zero-order valence-corrected chi connectivity index (χ0v) is 10.3. The monoisotopic (exact) mass is 278 g/mol. The van der Waals surface area contributed by atoms with Crippen molar-refractivity contribution in [1.29, 1.82) is 0 Å². The minimum Gasteiger partial charge on any atom is -0.508 e. The number of phenolic OH excluding ortho intramolecular Hbond substituents is 1. The molecule has 4 nitrogen and oxygen atoms in total. The van der Waals surface area contributed by atoms with Crippen LogP contribution in [0.2, 0.25) is 0 Å². The molecule has 0 aliphatic heterocycles. The molecule has 2 rings (SSSR count). The summed E-state index contributed by atoms with van der Waals surface area (Å²) in [4.78, 5) is 11.5. The summed E-state index contributed by atoms with van der Waals surface area (Å²) in [7, 11) is 0. The predicted molar refractivity (Wildman–Crippen MR) is 70.0 cm³/mol. The van der Waals surface area contributed by atoms with E-state index in [9.17, 15) is 18.7 Å². The van der Waals surface area contributed by atoms with Gasteiger partial charge in [0.05, 0.1) is 0 Å². The van der Waals surface area contributed by atoms with Gasteiger partial charge in [0.25, 0.3) is 0 Å². The Morgan fingerprint density at radius 1 is 1.10 bits per heavy atom. The second kappa shape index (κ2) is 5.56. The topological polar surface area (TPSA) is 75.4 Å². The fourth-order valence-corrected chi connectivity index (χ4v) is 1.79. The van der Waals surface area contributed by atoms with Crippen molar-refractivity contribution < 1.29 is 18.7 Å². The molecule has 0 saturated heterocycles. The second-order valence-electron chi connectivity index (χ2n) is 4.23. The average molecular weight is 278 g/mol. The molecule has 2 aromatic carbocycles. The molecule has 1 amide bonds. The maximum absolute atomic E-state index is 13.3. The fourth-order valence-electron chi connectivity index (χ4n) is 1.79. The molecule has 104 valence electrons. The fraction of sp³-hybridized carbons (Fsp3) is 0.0714. The van der Waals surface area contributed by atoms with Crippen LogP contribution in [0.15, 0.2) is 42.5 Å². The summed E-state index contributed by atoms with van der Waals surface area (Å²) >= 11 is 0. The summed E-state index contributed by atoms with van der Waals surface area (Å²) < 4.78 is 26.1. The number of anilines is 1. The van der Waals surface area contributed by atoms with E-state index in [1.54, 1.807) is 0 Å². The first-order valence-corrected chi connectivity index (χ1v) is 5.76. The summed E-state index contributed by atoms with van der Waals surface area (Å²) in [5.74, 6) is -2.17. The molecule has 2 aromatic rings. The van der Waals surface area contributed by atoms with E-state index in [1.807, 2.05) is 0 Å². The van der Waals surface area contributed by atoms with E-state index in [0.717, 1.165) is 12.1 Å². The number of primary amides is 1. The van der Waals surface area contributed by atoms with Gasteiger partial charge in [-0.2, -0.15) is 0 Å². The summed E-state index contributed by atoms with van der Waals surface area (Å²) in [5.41, 5.74) is 5.89. The van der Waals surface area contributed by atoms with Crippen LogP contribution in [0.5, 0.6) is 5.75 Å². The molecule has 1 atom stereocenters. The summed E-state index contributed by atoms with van der Waals surface area (Å²) in [5, 5.41) is 12.1. The standard InChI is InChI=1S/C14H12F2N2O2/c15-9-1-3-11(4-2-9)18-13(14(17)20)8-5-10(16)7-12(19)6-8/h1-7,13,18-19H,(H2,17,20). The molecule has 0 spiro atoms. The third kappa shape index (κ3) is 3.23. The third-order valence-electron chi connectivity index (χ3n) is 2.68. The number of carbonyl (C=O) groups is 1. The lowest BCUT2D eigenvalue weighted by molar-refractivity contribution is -0.118. The van der Waals surface area contributed by atoms with E-state index in [-0.39, 0.29) is 11.3 Å². The molecular formula is C14H12F2N2O2. The van der Waals surface area contributed by atoms with E-state index < -0.39 is 23.6 Å². The minimum absolute atomic E-state index is 0.180. The Morgan fingerprint density at radius 2 is 1.75 bits per heavy atom. The van der Waals surface area contributed by atoms with Crippen molar-refractivity contribution in [3.63, 3.8) is 0 Å². The summed E-state index contributed by atoms with van der Waals surface area (Å²) in [6, 6.07) is 7.46. The molecule has 1 unspecified atom stereocenters. The molecule has 0 heterocycles. The smallest absolute Gasteiger partial charge is 0.244 e. The number of phenols is 1. The number of carbonyl (C=O) groups excluding carboxylic acids is 1. The molecule has 0 aliphatic carbocycles. The normalized spacial score (nSPS) is 11.9. The van der Waals surface area contributed by atoms with Gasteiger partial charge in [0.15, 0.2) is 0 Å². The van der Waals surface area contributed by atoms with Gasteiger partial charge in [0.1, 0.15) is 23.4 Å². The molecule has 0 fully saturated rings. The average Bonchev–Trinajstić information content (AvgIpc) is 2.36. The van der Waals surface area contributed by atoms with Crippen LogP contribution >= 0.6 is 0 Å². The van der Waals surface area contributed by atoms with Crippen LogP contribution in [0, 0.1) is 11.6 Å². The molecule has 0 aliphatic rings. The number of hydrogen-bond acceptors (Lipinski definition) is 3. The maximum Gasteiger partial charge on any atom is 0.244 e. The van der Waals surface area contributed by atoms with Crippen molar-refractivity contribution in [3.8, 4) is 5.75 Å². The van der Waals surface area contributed by atoms with Crippen LogP contribution in [-0.2, 0) is 4.79 Å². The Morgan fingerprint density at radius 3 is 2.30 bits per heavy atom. The lowest BCUT2D eigenvalue weighted by atomic mass is 10.1. The Hall–Kier alpha value is -2.63. The van der Waals surface area contributed by atoms with Crippen molar-refractivity contribution in [3.05, 3.63) is 59.7 Å². The largest absolute Gasteiger partial charge is 0.508 e. The van der Waals surface area contributed by atoms with Crippen LogP contribution in [0.4, 0.5) is 14.5 Å². The van der Waals surface area contributed by atoms with E-state index in [4.69, 9.17) is 5.73 Å². The van der Waals surface area contributed by atoms with Gasteiger partial charge in [0, 0.05) is 11.8 Å². The Labute approximate surface area is 113 Å². The highest BCUT2D eigenvalue weighted by molar-refractivity contribution is 5.84. The number of amides is 1. The number of halogens is 2. The summed E-state index contributed by atoms with van der Waals surface area (Å²) in [6.45, 7) is 0. The van der Waals surface area contributed by atoms with Crippen molar-refractivity contribution >= 4 is 11.6 Å². The van der Waals surface area contributed by atoms with Gasteiger partial charge in [0.2, 0.25) is 5.91 Å². The van der Waals surface area contributed by atoms with Crippen LogP contribution in [-0.4, -0.2) is 11.0 Å². The SMILES string of the molecule is NC(=O)C(Nc1ccc(F)cc1)c1cc(O)cc(F)c1. The number of nitrogens with two attached hydrogens (primary N) is 1. The highest BCUT2D eigenvalue weighted by Crippen LogP contribution is 2.24. The zero-order chi connectivity index (χ0) is 14.7. The molecule has 20 heavy (non-hydrogen) atoms. The van der Waals surface area contributed by atoms with Crippen LogP contribution in [0.25, 0.3) is 0 Å².